The quantitative estimate of drug-likeness (QED) is 0.669. The molecule has 0 heterocycles. The van der Waals surface area contributed by atoms with Crippen molar-refractivity contribution in [3.63, 3.8) is 0 Å². The molecule has 0 spiro atoms. The lowest BCUT2D eigenvalue weighted by atomic mass is 10.1. The topological polar surface area (TPSA) is 63.2 Å². The van der Waals surface area contributed by atoms with Gasteiger partial charge in [0.2, 0.25) is 0 Å². The lowest BCUT2D eigenvalue weighted by Crippen LogP contribution is -2.33. The fourth-order valence-electron chi connectivity index (χ4n) is 1.56. The van der Waals surface area contributed by atoms with Crippen LogP contribution in [0, 0.1) is 18.2 Å². The highest BCUT2D eigenvalue weighted by Crippen LogP contribution is 2.18. The van der Waals surface area contributed by atoms with Crippen molar-refractivity contribution in [2.45, 2.75) is 30.7 Å². The molecule has 1 rings (SSSR count). The van der Waals surface area contributed by atoms with Crippen LogP contribution in [0.5, 0.6) is 0 Å². The normalized spacial score (nSPS) is 12.5. The van der Waals surface area contributed by atoms with Gasteiger partial charge in [-0.3, -0.25) is 4.79 Å². The number of carbonyl (C=O) groups is 1. The fourth-order valence-corrected chi connectivity index (χ4v) is 2.35. The second-order valence-electron chi connectivity index (χ2n) is 4.09. The zero-order chi connectivity index (χ0) is 15.3. The fraction of sp³-hybridized carbons (Fsp3) is 0.308. The molecule has 0 aliphatic heterocycles. The molecule has 4 nitrogen and oxygen atoms in total. The Labute approximate surface area is 121 Å². The van der Waals surface area contributed by atoms with Gasteiger partial charge >= 0.3 is 0 Å². The van der Waals surface area contributed by atoms with E-state index < -0.39 is 31.7 Å². The van der Waals surface area contributed by atoms with Gasteiger partial charge in [0.25, 0.3) is 15.0 Å². The van der Waals surface area contributed by atoms with Crippen LogP contribution in [-0.2, 0) is 9.05 Å². The van der Waals surface area contributed by atoms with Gasteiger partial charge in [-0.05, 0) is 24.6 Å². The van der Waals surface area contributed by atoms with Gasteiger partial charge in [-0.2, -0.15) is 0 Å². The van der Waals surface area contributed by atoms with Crippen LogP contribution in [-0.4, -0.2) is 20.4 Å². The summed E-state index contributed by atoms with van der Waals surface area (Å²) in [5.41, 5.74) is -0.152. The maximum atomic E-state index is 13.3. The zero-order valence-corrected chi connectivity index (χ0v) is 12.3. The number of carbonyl (C=O) groups excluding carboxylic acids is 1. The molecule has 1 aromatic carbocycles. The summed E-state index contributed by atoms with van der Waals surface area (Å²) in [6.45, 7) is 1.90. The standard InChI is InChI=1S/C13H13ClFNO3S/c1-3-5-11(4-2)16-13(17)9-6-10(15)8-12(7-9)20(14,18)19/h2,6-8,11H,3,5H2,1H3,(H,16,17). The Kier molecular flexibility index (Phi) is 5.54. The molecule has 1 amide bonds. The maximum Gasteiger partial charge on any atom is 0.261 e. The molecule has 0 aliphatic carbocycles. The second kappa shape index (κ2) is 6.73. The van der Waals surface area contributed by atoms with Crippen molar-refractivity contribution < 1.29 is 17.6 Å². The summed E-state index contributed by atoms with van der Waals surface area (Å²) in [6.07, 6.45) is 6.59. The molecule has 0 fully saturated rings. The molecule has 1 unspecified atom stereocenters. The van der Waals surface area contributed by atoms with Crippen molar-refractivity contribution in [1.82, 2.24) is 5.32 Å². The molecule has 0 saturated heterocycles. The van der Waals surface area contributed by atoms with Crippen molar-refractivity contribution in [2.24, 2.45) is 0 Å². The van der Waals surface area contributed by atoms with E-state index >= 15 is 0 Å². The molecule has 1 atom stereocenters. The highest BCUT2D eigenvalue weighted by Gasteiger charge is 2.17. The van der Waals surface area contributed by atoms with Gasteiger partial charge in [-0.1, -0.05) is 19.3 Å². The average Bonchev–Trinajstić information content (AvgIpc) is 2.36. The first-order valence-electron chi connectivity index (χ1n) is 5.80. The van der Waals surface area contributed by atoms with Crippen molar-refractivity contribution >= 4 is 25.6 Å². The molecular weight excluding hydrogens is 305 g/mol. The van der Waals surface area contributed by atoms with Crippen LogP contribution >= 0.6 is 10.7 Å². The van der Waals surface area contributed by atoms with Gasteiger partial charge < -0.3 is 5.32 Å². The Morgan fingerprint density at radius 3 is 2.65 bits per heavy atom. The molecular formula is C13H13ClFNO3S. The van der Waals surface area contributed by atoms with Gasteiger partial charge in [-0.25, -0.2) is 12.8 Å². The van der Waals surface area contributed by atoms with E-state index in [1.165, 1.54) is 0 Å². The smallest absolute Gasteiger partial charge is 0.261 e. The van der Waals surface area contributed by atoms with E-state index in [0.29, 0.717) is 6.42 Å². The van der Waals surface area contributed by atoms with E-state index in [9.17, 15) is 17.6 Å². The Morgan fingerprint density at radius 1 is 1.50 bits per heavy atom. The predicted molar refractivity (Wildman–Crippen MR) is 74.4 cm³/mol. The molecule has 20 heavy (non-hydrogen) atoms. The average molecular weight is 318 g/mol. The summed E-state index contributed by atoms with van der Waals surface area (Å²) < 4.78 is 35.7. The number of halogens is 2. The molecule has 0 aliphatic rings. The summed E-state index contributed by atoms with van der Waals surface area (Å²) in [6, 6.07) is 2.16. The molecule has 0 radical (unpaired) electrons. The van der Waals surface area contributed by atoms with Crippen LogP contribution in [0.15, 0.2) is 23.1 Å². The van der Waals surface area contributed by atoms with Crippen LogP contribution in [0.25, 0.3) is 0 Å². The lowest BCUT2D eigenvalue weighted by molar-refractivity contribution is 0.0943. The van der Waals surface area contributed by atoms with Crippen molar-refractivity contribution in [3.8, 4) is 12.3 Å². The largest absolute Gasteiger partial charge is 0.338 e. The van der Waals surface area contributed by atoms with E-state index in [2.05, 4.69) is 11.2 Å². The third-order valence-electron chi connectivity index (χ3n) is 2.50. The zero-order valence-electron chi connectivity index (χ0n) is 10.7. The molecule has 7 heteroatoms. The number of rotatable bonds is 5. The molecule has 0 saturated carbocycles. The van der Waals surface area contributed by atoms with E-state index in [1.54, 1.807) is 0 Å². The summed E-state index contributed by atoms with van der Waals surface area (Å²) in [7, 11) is 1.02. The van der Waals surface area contributed by atoms with Gasteiger partial charge in [0.15, 0.2) is 0 Å². The van der Waals surface area contributed by atoms with Gasteiger partial charge in [0.05, 0.1) is 10.9 Å². The monoisotopic (exact) mass is 317 g/mol. The predicted octanol–water partition coefficient (Wildman–Crippen LogP) is 2.28. The first kappa shape index (κ1) is 16.5. The Balaban J connectivity index is 3.05. The third kappa shape index (κ3) is 4.51. The van der Waals surface area contributed by atoms with Crippen LogP contribution in [0.1, 0.15) is 30.1 Å². The van der Waals surface area contributed by atoms with Crippen LogP contribution in [0.2, 0.25) is 0 Å². The van der Waals surface area contributed by atoms with Crippen LogP contribution in [0.3, 0.4) is 0 Å². The van der Waals surface area contributed by atoms with Gasteiger partial charge in [0, 0.05) is 16.2 Å². The summed E-state index contributed by atoms with van der Waals surface area (Å²) in [4.78, 5) is 11.4. The summed E-state index contributed by atoms with van der Waals surface area (Å²) in [5.74, 6) is 0.872. The number of terminal acetylenes is 1. The van der Waals surface area contributed by atoms with E-state index in [-0.39, 0.29) is 5.56 Å². The number of benzene rings is 1. The lowest BCUT2D eigenvalue weighted by Gasteiger charge is -2.12. The van der Waals surface area contributed by atoms with Gasteiger partial charge in [0.1, 0.15) is 5.82 Å². The van der Waals surface area contributed by atoms with Crippen molar-refractivity contribution in [1.29, 1.82) is 0 Å². The number of nitrogens with one attached hydrogen (secondary N) is 1. The summed E-state index contributed by atoms with van der Waals surface area (Å²) in [5, 5.41) is 2.51. The number of hydrogen-bond acceptors (Lipinski definition) is 3. The molecule has 0 bridgehead atoms. The molecule has 0 aromatic heterocycles. The molecule has 108 valence electrons. The first-order chi connectivity index (χ1) is 9.27. The van der Waals surface area contributed by atoms with Gasteiger partial charge in [-0.15, -0.1) is 6.42 Å². The first-order valence-corrected chi connectivity index (χ1v) is 8.11. The van der Waals surface area contributed by atoms with E-state index in [4.69, 9.17) is 17.1 Å². The molecule has 1 N–H and O–H groups in total. The van der Waals surface area contributed by atoms with E-state index in [1.807, 2.05) is 6.92 Å². The minimum absolute atomic E-state index is 0.152. The van der Waals surface area contributed by atoms with Crippen molar-refractivity contribution in [2.75, 3.05) is 0 Å². The second-order valence-corrected chi connectivity index (χ2v) is 6.66. The Morgan fingerprint density at radius 2 is 2.15 bits per heavy atom. The van der Waals surface area contributed by atoms with Crippen LogP contribution in [0.4, 0.5) is 4.39 Å². The summed E-state index contributed by atoms with van der Waals surface area (Å²) >= 11 is 0. The highest BCUT2D eigenvalue weighted by atomic mass is 35.7. The molecule has 1 aromatic rings. The minimum atomic E-state index is -4.11. The SMILES string of the molecule is C#CC(CCC)NC(=O)c1cc(F)cc(S(=O)(=O)Cl)c1. The maximum absolute atomic E-state index is 13.3. The highest BCUT2D eigenvalue weighted by molar-refractivity contribution is 8.13. The van der Waals surface area contributed by atoms with Crippen molar-refractivity contribution in [3.05, 3.63) is 29.6 Å². The number of amides is 1. The third-order valence-corrected chi connectivity index (χ3v) is 3.83. The van der Waals surface area contributed by atoms with Crippen LogP contribution < -0.4 is 5.32 Å². The number of hydrogen-bond donors (Lipinski definition) is 1. The Bertz CT molecular complexity index is 652. The minimum Gasteiger partial charge on any atom is -0.338 e. The van der Waals surface area contributed by atoms with E-state index in [0.717, 1.165) is 24.6 Å². The Hall–Kier alpha value is -1.58.